The third-order valence-electron chi connectivity index (χ3n) is 3.87. The summed E-state index contributed by atoms with van der Waals surface area (Å²) >= 11 is 0. The van der Waals surface area contributed by atoms with Crippen molar-refractivity contribution in [3.8, 4) is 0 Å². The van der Waals surface area contributed by atoms with Crippen molar-refractivity contribution in [1.82, 2.24) is 4.98 Å². The van der Waals surface area contributed by atoms with E-state index in [-0.39, 0.29) is 11.7 Å². The number of rotatable bonds is 8. The fourth-order valence-corrected chi connectivity index (χ4v) is 2.56. The summed E-state index contributed by atoms with van der Waals surface area (Å²) < 4.78 is 0. The van der Waals surface area contributed by atoms with E-state index in [0.717, 1.165) is 30.7 Å². The quantitative estimate of drug-likeness (QED) is 0.715. The average Bonchev–Trinajstić information content (AvgIpc) is 2.97. The van der Waals surface area contributed by atoms with Crippen molar-refractivity contribution in [2.24, 2.45) is 11.0 Å². The van der Waals surface area contributed by atoms with Gasteiger partial charge in [-0.15, -0.1) is 0 Å². The Kier molecular flexibility index (Phi) is 9.19. The Hall–Kier alpha value is -2.57. The molecule has 7 nitrogen and oxygen atoms in total. The lowest BCUT2D eigenvalue weighted by Crippen LogP contribution is -2.22. The number of carboxylic acid groups (broad SMARTS) is 1. The number of nitrogens with zero attached hydrogens (tertiary/aromatic N) is 3. The second-order valence-corrected chi connectivity index (χ2v) is 6.02. The van der Waals surface area contributed by atoms with E-state index < -0.39 is 11.9 Å². The first kappa shape index (κ1) is 21.5. The number of ketones is 1. The van der Waals surface area contributed by atoms with Crippen molar-refractivity contribution >= 4 is 29.1 Å². The molecule has 1 N–H and O–H groups in total. The lowest BCUT2D eigenvalue weighted by Gasteiger charge is -2.10. The maximum atomic E-state index is 11.7. The number of carbonyl (C=O) groups excluding carboxylic acids is 2. The molecule has 26 heavy (non-hydrogen) atoms. The molecule has 0 bridgehead atoms. The summed E-state index contributed by atoms with van der Waals surface area (Å²) in [7, 11) is 0. The maximum Gasteiger partial charge on any atom is 0.314 e. The monoisotopic (exact) mass is 361 g/mol. The first-order valence-electron chi connectivity index (χ1n) is 8.99. The largest absolute Gasteiger partial charge is 0.481 e. The van der Waals surface area contributed by atoms with Crippen LogP contribution in [0.3, 0.4) is 0 Å². The minimum atomic E-state index is -0.994. The number of Topliss-reactive ketones (excluding diaryl/α,β-unsaturated/α-hetero) is 1. The van der Waals surface area contributed by atoms with Crippen LogP contribution in [0.25, 0.3) is 0 Å². The molecular weight excluding hydrogens is 334 g/mol. The van der Waals surface area contributed by atoms with Crippen molar-refractivity contribution in [1.29, 1.82) is 0 Å². The molecular formula is C19H27N3O4. The summed E-state index contributed by atoms with van der Waals surface area (Å²) in [6.45, 7) is 5.67. The summed E-state index contributed by atoms with van der Waals surface area (Å²) in [4.78, 5) is 37.0. The molecule has 7 heteroatoms. The van der Waals surface area contributed by atoms with Gasteiger partial charge < -0.3 is 5.11 Å². The van der Waals surface area contributed by atoms with Gasteiger partial charge in [-0.3, -0.25) is 19.4 Å². The number of aromatic nitrogens is 1. The van der Waals surface area contributed by atoms with Gasteiger partial charge in [0.15, 0.2) is 0 Å². The van der Waals surface area contributed by atoms with Gasteiger partial charge in [-0.25, -0.2) is 5.01 Å². The molecule has 1 aliphatic heterocycles. The Morgan fingerprint density at radius 2 is 1.85 bits per heavy atom. The van der Waals surface area contributed by atoms with Gasteiger partial charge in [0.25, 0.3) is 5.91 Å². The zero-order valence-corrected chi connectivity index (χ0v) is 15.6. The average molecular weight is 361 g/mol. The first-order valence-corrected chi connectivity index (χ1v) is 8.99. The number of aliphatic carboxylic acids is 1. The minimum absolute atomic E-state index is 0.0460. The van der Waals surface area contributed by atoms with Gasteiger partial charge in [-0.1, -0.05) is 27.2 Å². The van der Waals surface area contributed by atoms with Crippen LogP contribution in [0.5, 0.6) is 0 Å². The molecule has 0 radical (unpaired) electrons. The molecule has 1 aromatic rings. The number of carboxylic acids is 1. The molecule has 0 saturated carbocycles. The highest BCUT2D eigenvalue weighted by atomic mass is 16.4. The number of amides is 1. The number of hydrogen-bond donors (Lipinski definition) is 1. The van der Waals surface area contributed by atoms with Crippen LogP contribution in [0, 0.1) is 5.92 Å². The third kappa shape index (κ3) is 6.38. The summed E-state index contributed by atoms with van der Waals surface area (Å²) in [5.74, 6) is -1.88. The fourth-order valence-electron chi connectivity index (χ4n) is 2.56. The van der Waals surface area contributed by atoms with Gasteiger partial charge in [0.05, 0.1) is 12.1 Å². The summed E-state index contributed by atoms with van der Waals surface area (Å²) in [6.07, 6.45) is 7.20. The number of pyridine rings is 1. The Bertz CT molecular complexity index is 643. The number of hydrogen-bond acceptors (Lipinski definition) is 5. The molecule has 0 aliphatic carbocycles. The molecule has 0 saturated heterocycles. The summed E-state index contributed by atoms with van der Waals surface area (Å²) in [6, 6.07) is 3.58. The number of carbonyl (C=O) groups is 3. The highest BCUT2D eigenvalue weighted by molar-refractivity contribution is 6.12. The van der Waals surface area contributed by atoms with Crippen molar-refractivity contribution in [3.63, 3.8) is 0 Å². The van der Waals surface area contributed by atoms with Gasteiger partial charge >= 0.3 is 5.97 Å². The second-order valence-electron chi connectivity index (χ2n) is 6.02. The molecule has 1 amide bonds. The summed E-state index contributed by atoms with van der Waals surface area (Å²) in [5.41, 5.74) is 1.76. The minimum Gasteiger partial charge on any atom is -0.481 e. The van der Waals surface area contributed by atoms with E-state index in [0.29, 0.717) is 19.3 Å². The second kappa shape index (κ2) is 11.1. The highest BCUT2D eigenvalue weighted by Gasteiger charge is 2.24. The molecule has 1 aliphatic rings. The standard InChI is InChI=1S/C11H13N3O.C8H14O3/c1-2-3-9-8-11(15)14(13-9)10-4-6-12-7-5-10;1-3-5-7(9)6(4-2)8(10)11/h4-7H,2-3,8H2,1H3;6H,3-5H2,1-2H3,(H,10,11). The predicted molar refractivity (Wildman–Crippen MR) is 100 cm³/mol. The van der Waals surface area contributed by atoms with Crippen molar-refractivity contribution < 1.29 is 19.5 Å². The van der Waals surface area contributed by atoms with Crippen LogP contribution in [0.1, 0.15) is 59.3 Å². The maximum absolute atomic E-state index is 11.7. The molecule has 1 atom stereocenters. The number of hydrazone groups is 1. The van der Waals surface area contributed by atoms with Gasteiger partial charge in [0.1, 0.15) is 11.7 Å². The fraction of sp³-hybridized carbons (Fsp3) is 0.526. The van der Waals surface area contributed by atoms with Crippen LogP contribution in [0.2, 0.25) is 0 Å². The molecule has 142 valence electrons. The predicted octanol–water partition coefficient (Wildman–Crippen LogP) is 3.44. The van der Waals surface area contributed by atoms with E-state index >= 15 is 0 Å². The summed E-state index contributed by atoms with van der Waals surface area (Å²) in [5, 5.41) is 14.3. The lowest BCUT2D eigenvalue weighted by atomic mass is 9.98. The SMILES string of the molecule is CCCC(=O)C(CC)C(=O)O.CCCC1=NN(c2ccncc2)C(=O)C1. The van der Waals surface area contributed by atoms with Crippen LogP contribution < -0.4 is 5.01 Å². The van der Waals surface area contributed by atoms with Crippen molar-refractivity contribution in [2.75, 3.05) is 5.01 Å². The topological polar surface area (TPSA) is 99.9 Å². The highest BCUT2D eigenvalue weighted by Crippen LogP contribution is 2.20. The van der Waals surface area contributed by atoms with Crippen molar-refractivity contribution in [2.45, 2.75) is 59.3 Å². The molecule has 0 fully saturated rings. The Morgan fingerprint density at radius 1 is 1.19 bits per heavy atom. The van der Waals surface area contributed by atoms with Gasteiger partial charge in [0, 0.05) is 24.5 Å². The van der Waals surface area contributed by atoms with E-state index in [4.69, 9.17) is 5.11 Å². The zero-order chi connectivity index (χ0) is 19.5. The van der Waals surface area contributed by atoms with E-state index in [1.54, 1.807) is 31.5 Å². The first-order chi connectivity index (χ1) is 12.4. The van der Waals surface area contributed by atoms with Gasteiger partial charge in [-0.2, -0.15) is 5.10 Å². The van der Waals surface area contributed by atoms with E-state index in [1.807, 2.05) is 6.92 Å². The van der Waals surface area contributed by atoms with E-state index in [1.165, 1.54) is 5.01 Å². The molecule has 1 unspecified atom stereocenters. The molecule has 0 aromatic carbocycles. The van der Waals surface area contributed by atoms with Crippen molar-refractivity contribution in [3.05, 3.63) is 24.5 Å². The van der Waals surface area contributed by atoms with Crippen LogP contribution in [-0.4, -0.2) is 33.5 Å². The Balaban J connectivity index is 0.000000276. The van der Waals surface area contributed by atoms with E-state index in [2.05, 4.69) is 17.0 Å². The third-order valence-corrected chi connectivity index (χ3v) is 3.87. The smallest absolute Gasteiger partial charge is 0.314 e. The Labute approximate surface area is 154 Å². The van der Waals surface area contributed by atoms with Crippen LogP contribution >= 0.6 is 0 Å². The molecule has 1 aromatic heterocycles. The van der Waals surface area contributed by atoms with Crippen LogP contribution in [0.4, 0.5) is 5.69 Å². The van der Waals surface area contributed by atoms with Gasteiger partial charge in [0.2, 0.25) is 0 Å². The molecule has 2 rings (SSSR count). The van der Waals surface area contributed by atoms with Crippen LogP contribution in [-0.2, 0) is 14.4 Å². The van der Waals surface area contributed by atoms with E-state index in [9.17, 15) is 14.4 Å². The number of anilines is 1. The molecule has 0 spiro atoms. The normalized spacial score (nSPS) is 14.3. The zero-order valence-electron chi connectivity index (χ0n) is 15.6. The van der Waals surface area contributed by atoms with Crippen LogP contribution in [0.15, 0.2) is 29.6 Å². The lowest BCUT2D eigenvalue weighted by molar-refractivity contribution is -0.146. The van der Waals surface area contributed by atoms with Gasteiger partial charge in [-0.05, 0) is 31.4 Å². The molecule has 2 heterocycles. The Morgan fingerprint density at radius 3 is 2.35 bits per heavy atom.